The molecule has 0 amide bonds. The molecule has 19 nitrogen and oxygen atoms in total. The second-order valence-electron chi connectivity index (χ2n) is 7.17. The molecule has 0 saturated heterocycles. The number of anilines is 1. The summed E-state index contributed by atoms with van der Waals surface area (Å²) in [7, 11) is -8.68. The minimum atomic E-state index is -4.41. The highest BCUT2D eigenvalue weighted by atomic mass is 32.2. The third-order valence-corrected chi connectivity index (χ3v) is 7.13. The van der Waals surface area contributed by atoms with Crippen LogP contribution in [0.15, 0.2) is 21.9 Å². The van der Waals surface area contributed by atoms with Gasteiger partial charge in [0.1, 0.15) is 24.7 Å². The lowest BCUT2D eigenvalue weighted by Crippen LogP contribution is -2.51. The van der Waals surface area contributed by atoms with Crippen LogP contribution in [0.1, 0.15) is 12.0 Å². The van der Waals surface area contributed by atoms with E-state index in [-0.39, 0.29) is 11.3 Å². The lowest BCUT2D eigenvalue weighted by molar-refractivity contribution is -0.782. The van der Waals surface area contributed by atoms with E-state index in [4.69, 9.17) is 5.14 Å². The summed E-state index contributed by atoms with van der Waals surface area (Å²) in [5, 5.41) is 36.0. The van der Waals surface area contributed by atoms with E-state index in [0.29, 0.717) is 0 Å². The highest BCUT2D eigenvalue weighted by molar-refractivity contribution is 7.90. The fourth-order valence-electron chi connectivity index (χ4n) is 3.18. The van der Waals surface area contributed by atoms with Crippen LogP contribution < -0.4 is 15.2 Å². The van der Waals surface area contributed by atoms with Gasteiger partial charge in [0, 0.05) is 5.41 Å². The summed E-state index contributed by atoms with van der Waals surface area (Å²) in [6, 6.07) is 1.98. The monoisotopic (exact) mass is 530 g/mol. The molecule has 190 valence electrons. The van der Waals surface area contributed by atoms with Crippen LogP contribution in [-0.4, -0.2) is 58.1 Å². The van der Waals surface area contributed by atoms with Crippen LogP contribution in [0, 0.1) is 42.7 Å². The van der Waals surface area contributed by atoms with Crippen molar-refractivity contribution in [1.82, 2.24) is 4.72 Å². The number of primary sulfonamides is 1. The average Bonchev–Trinajstić information content (AvgIpc) is 2.66. The van der Waals surface area contributed by atoms with E-state index in [2.05, 4.69) is 24.6 Å². The van der Waals surface area contributed by atoms with Gasteiger partial charge in [0.15, 0.2) is 0 Å². The Balaban J connectivity index is 2.46. The summed E-state index contributed by atoms with van der Waals surface area (Å²) in [4.78, 5) is 43.8. The van der Waals surface area contributed by atoms with Crippen molar-refractivity contribution < 1.29 is 46.6 Å². The Morgan fingerprint density at radius 1 is 1.03 bits per heavy atom. The van der Waals surface area contributed by atoms with E-state index >= 15 is 0 Å². The molecule has 0 radical (unpaired) electrons. The molecule has 1 aliphatic rings. The van der Waals surface area contributed by atoms with Gasteiger partial charge in [0.2, 0.25) is 20.0 Å². The van der Waals surface area contributed by atoms with Gasteiger partial charge in [-0.25, -0.2) is 22.0 Å². The molecule has 34 heavy (non-hydrogen) atoms. The molecule has 0 bridgehead atoms. The van der Waals surface area contributed by atoms with Crippen LogP contribution >= 0.6 is 0 Å². The largest absolute Gasteiger partial charge is 0.368 e. The summed E-state index contributed by atoms with van der Waals surface area (Å²) in [6.45, 7) is -1.66. The minimum Gasteiger partial charge on any atom is -0.368 e. The van der Waals surface area contributed by atoms with E-state index in [1.165, 1.54) is 6.92 Å². The van der Waals surface area contributed by atoms with Gasteiger partial charge in [-0.1, -0.05) is 0 Å². The topological polar surface area (TPSA) is 275 Å². The number of fused-ring (bicyclic) bond motifs is 1. The summed E-state index contributed by atoms with van der Waals surface area (Å²) >= 11 is 0. The fourth-order valence-corrected chi connectivity index (χ4v) is 5.36. The van der Waals surface area contributed by atoms with Crippen molar-refractivity contribution in [2.75, 3.05) is 25.1 Å². The lowest BCUT2D eigenvalue weighted by atomic mass is 9.85. The highest BCUT2D eigenvalue weighted by Crippen LogP contribution is 2.34. The maximum atomic E-state index is 12.8. The smallest absolute Gasteiger partial charge is 0.294 e. The molecular weight excluding hydrogens is 512 g/mol. The summed E-state index contributed by atoms with van der Waals surface area (Å²) in [6.07, 6.45) is -1.96. The Bertz CT molecular complexity index is 1160. The molecule has 1 aromatic rings. The molecule has 0 saturated carbocycles. The van der Waals surface area contributed by atoms with E-state index in [1.807, 2.05) is 0 Å². The molecule has 4 N–H and O–H groups in total. The van der Waals surface area contributed by atoms with Gasteiger partial charge in [-0.05, 0) is 31.0 Å². The zero-order valence-corrected chi connectivity index (χ0v) is 18.7. The number of nitrogens with zero attached hydrogens (tertiary/aromatic N) is 3. The number of nitrogens with one attached hydrogen (secondary N) is 2. The third-order valence-electron chi connectivity index (χ3n) is 4.57. The second-order valence-corrected chi connectivity index (χ2v) is 10.4. The summed E-state index contributed by atoms with van der Waals surface area (Å²) in [5.41, 5.74) is -1.98. The molecule has 1 atom stereocenters. The molecule has 0 spiro atoms. The van der Waals surface area contributed by atoms with Crippen molar-refractivity contribution in [3.63, 3.8) is 0 Å². The molecule has 1 heterocycles. The van der Waals surface area contributed by atoms with Gasteiger partial charge < -0.3 is 19.8 Å². The number of aryl methyl sites for hydroxylation is 1. The Morgan fingerprint density at radius 3 is 1.91 bits per heavy atom. The SMILES string of the molecule is Cc1cc2c(cc1S(N)(=O)=O)S(=O)(=O)NC(CC(CO[N+](=O)[O-])(CO[N+](=O)[O-])CO[N+](=O)[O-])N2. The lowest BCUT2D eigenvalue weighted by Gasteiger charge is -2.37. The predicted octanol–water partition coefficient (Wildman–Crippen LogP) is -1.33. The predicted molar refractivity (Wildman–Crippen MR) is 106 cm³/mol. The maximum Gasteiger partial charge on any atom is 0.294 e. The van der Waals surface area contributed by atoms with Crippen molar-refractivity contribution in [3.8, 4) is 0 Å². The quantitative estimate of drug-likeness (QED) is 0.209. The Kier molecular flexibility index (Phi) is 7.65. The van der Waals surface area contributed by atoms with Crippen molar-refractivity contribution >= 4 is 25.7 Å². The zero-order valence-electron chi connectivity index (χ0n) is 17.1. The number of nitrogens with two attached hydrogens (primary N) is 1. The summed E-state index contributed by atoms with van der Waals surface area (Å²) in [5.74, 6) is 0. The van der Waals surface area contributed by atoms with Gasteiger partial charge in [0.25, 0.3) is 15.3 Å². The molecule has 0 aromatic heterocycles. The molecule has 0 aliphatic carbocycles. The second kappa shape index (κ2) is 9.74. The first-order chi connectivity index (χ1) is 15.5. The number of sulfonamides is 2. The van der Waals surface area contributed by atoms with Gasteiger partial charge in [-0.3, -0.25) is 0 Å². The van der Waals surface area contributed by atoms with E-state index in [9.17, 15) is 47.2 Å². The van der Waals surface area contributed by atoms with Crippen LogP contribution in [0.5, 0.6) is 0 Å². The Morgan fingerprint density at radius 2 is 1.50 bits per heavy atom. The van der Waals surface area contributed by atoms with E-state index in [1.54, 1.807) is 0 Å². The van der Waals surface area contributed by atoms with E-state index < -0.39 is 82.9 Å². The minimum absolute atomic E-state index is 0.0842. The zero-order chi connectivity index (χ0) is 25.9. The van der Waals surface area contributed by atoms with Gasteiger partial charge in [-0.15, -0.1) is 30.3 Å². The van der Waals surface area contributed by atoms with Crippen LogP contribution in [0.4, 0.5) is 5.69 Å². The molecule has 0 fully saturated rings. The molecule has 1 aromatic carbocycles. The molecular formula is C13H18N6O13S2. The number of hydrogen-bond donors (Lipinski definition) is 3. The average molecular weight is 530 g/mol. The number of rotatable bonds is 12. The number of benzene rings is 1. The van der Waals surface area contributed by atoms with Crippen molar-refractivity contribution in [1.29, 1.82) is 0 Å². The van der Waals surface area contributed by atoms with E-state index in [0.717, 1.165) is 12.1 Å². The summed E-state index contributed by atoms with van der Waals surface area (Å²) < 4.78 is 51.1. The molecule has 2 rings (SSSR count). The third kappa shape index (κ3) is 6.72. The van der Waals surface area contributed by atoms with Crippen LogP contribution in [0.25, 0.3) is 0 Å². The van der Waals surface area contributed by atoms with Gasteiger partial charge in [-0.2, -0.15) is 4.72 Å². The first-order valence-electron chi connectivity index (χ1n) is 8.83. The van der Waals surface area contributed by atoms with Gasteiger partial charge in [0.05, 0.1) is 16.7 Å². The van der Waals surface area contributed by atoms with Crippen LogP contribution in [0.3, 0.4) is 0 Å². The number of hydrogen-bond acceptors (Lipinski definition) is 14. The van der Waals surface area contributed by atoms with Crippen LogP contribution in [-0.2, 0) is 34.6 Å². The van der Waals surface area contributed by atoms with Gasteiger partial charge >= 0.3 is 0 Å². The fraction of sp³-hybridized carbons (Fsp3) is 0.538. The first kappa shape index (κ1) is 26.7. The van der Waals surface area contributed by atoms with Crippen molar-refractivity contribution in [2.45, 2.75) is 29.3 Å². The Hall–Kier alpha value is -3.56. The molecule has 1 aliphatic heterocycles. The highest BCUT2D eigenvalue weighted by Gasteiger charge is 2.41. The molecule has 21 heteroatoms. The normalized spacial score (nSPS) is 17.1. The molecule has 1 unspecified atom stereocenters. The van der Waals surface area contributed by atoms with Crippen molar-refractivity contribution in [2.24, 2.45) is 10.6 Å². The first-order valence-corrected chi connectivity index (χ1v) is 11.9. The standard InChI is InChI=1S/C13H18N6O13S2/c1-8-2-9-11(3-10(8)33(14,26)27)34(28,29)16-12(15-9)4-13(5-30-17(20)21,6-31-18(22)23)7-32-19(24)25/h2-3,12,15-16H,4-7H2,1H3,(H2,14,26,27). The Labute approximate surface area is 190 Å². The van der Waals surface area contributed by atoms with Crippen LogP contribution in [0.2, 0.25) is 0 Å². The maximum absolute atomic E-state index is 12.8. The van der Waals surface area contributed by atoms with Crippen molar-refractivity contribution in [3.05, 3.63) is 48.0 Å².